The highest BCUT2D eigenvalue weighted by atomic mass is 16.1. The van der Waals surface area contributed by atoms with Crippen molar-refractivity contribution in [2.24, 2.45) is 0 Å². The fraction of sp³-hybridized carbons (Fsp3) is 0. The van der Waals surface area contributed by atoms with Gasteiger partial charge < -0.3 is 16.0 Å². The molecular weight excluding hydrogens is 288 g/mol. The number of aromatic nitrogens is 2. The van der Waals surface area contributed by atoms with Crippen molar-refractivity contribution in [2.75, 3.05) is 11.1 Å². The zero-order valence-corrected chi connectivity index (χ0v) is 12.4. The molecule has 3 rings (SSSR count). The van der Waals surface area contributed by atoms with Gasteiger partial charge in [0.15, 0.2) is 5.95 Å². The molecule has 1 heterocycles. The largest absolute Gasteiger partial charge is 0.369 e. The standard InChI is InChI=1S/C18H16N4O/c19-18-20-12-16(22-18)14-7-9-15(10-8-14)21-17(23)11-6-13-4-2-1-3-5-13/h1-12H,(H,21,23)(H3,19,20,22)/b11-6+. The average molecular weight is 304 g/mol. The highest BCUT2D eigenvalue weighted by molar-refractivity contribution is 6.02. The van der Waals surface area contributed by atoms with E-state index in [9.17, 15) is 4.79 Å². The smallest absolute Gasteiger partial charge is 0.248 e. The number of H-pyrrole nitrogens is 1. The van der Waals surface area contributed by atoms with Crippen molar-refractivity contribution < 1.29 is 4.79 Å². The Hall–Kier alpha value is -3.34. The Balaban J connectivity index is 1.64. The first-order valence-electron chi connectivity index (χ1n) is 7.16. The van der Waals surface area contributed by atoms with E-state index in [0.29, 0.717) is 5.95 Å². The van der Waals surface area contributed by atoms with Crippen LogP contribution in [0.5, 0.6) is 0 Å². The van der Waals surface area contributed by atoms with Gasteiger partial charge in [0.1, 0.15) is 0 Å². The molecule has 0 aliphatic heterocycles. The summed E-state index contributed by atoms with van der Waals surface area (Å²) in [5, 5.41) is 2.82. The maximum absolute atomic E-state index is 11.9. The molecule has 4 N–H and O–H groups in total. The summed E-state index contributed by atoms with van der Waals surface area (Å²) >= 11 is 0. The predicted octanol–water partition coefficient (Wildman–Crippen LogP) is 3.31. The normalized spacial score (nSPS) is 10.8. The summed E-state index contributed by atoms with van der Waals surface area (Å²) in [5.41, 5.74) is 8.96. The van der Waals surface area contributed by atoms with Crippen molar-refractivity contribution in [2.45, 2.75) is 0 Å². The van der Waals surface area contributed by atoms with Crippen LogP contribution in [0.2, 0.25) is 0 Å². The highest BCUT2D eigenvalue weighted by Gasteiger charge is 2.03. The van der Waals surface area contributed by atoms with E-state index in [-0.39, 0.29) is 5.91 Å². The molecule has 0 bridgehead atoms. The lowest BCUT2D eigenvalue weighted by atomic mass is 10.1. The Labute approximate surface area is 133 Å². The van der Waals surface area contributed by atoms with Gasteiger partial charge in [-0.3, -0.25) is 4.79 Å². The second-order valence-electron chi connectivity index (χ2n) is 4.98. The van der Waals surface area contributed by atoms with Gasteiger partial charge in [0.2, 0.25) is 5.91 Å². The van der Waals surface area contributed by atoms with Crippen molar-refractivity contribution in [1.29, 1.82) is 0 Å². The van der Waals surface area contributed by atoms with Crippen LogP contribution >= 0.6 is 0 Å². The first-order chi connectivity index (χ1) is 11.2. The number of imidazole rings is 1. The summed E-state index contributed by atoms with van der Waals surface area (Å²) in [6.07, 6.45) is 5.03. The van der Waals surface area contributed by atoms with E-state index in [4.69, 9.17) is 5.73 Å². The molecule has 2 aromatic carbocycles. The maximum Gasteiger partial charge on any atom is 0.248 e. The molecule has 5 heteroatoms. The molecule has 23 heavy (non-hydrogen) atoms. The van der Waals surface area contributed by atoms with Crippen LogP contribution < -0.4 is 11.1 Å². The Kier molecular flexibility index (Phi) is 4.20. The minimum atomic E-state index is -0.175. The van der Waals surface area contributed by atoms with Crippen molar-refractivity contribution in [3.63, 3.8) is 0 Å². The Bertz CT molecular complexity index is 820. The van der Waals surface area contributed by atoms with Crippen molar-refractivity contribution in [3.05, 3.63) is 72.4 Å². The first-order valence-corrected chi connectivity index (χ1v) is 7.16. The Morgan fingerprint density at radius 1 is 1.09 bits per heavy atom. The van der Waals surface area contributed by atoms with Gasteiger partial charge in [0, 0.05) is 23.5 Å². The molecule has 114 valence electrons. The molecule has 0 unspecified atom stereocenters. The van der Waals surface area contributed by atoms with E-state index < -0.39 is 0 Å². The number of hydrogen-bond donors (Lipinski definition) is 3. The number of benzene rings is 2. The lowest BCUT2D eigenvalue weighted by Gasteiger charge is -2.03. The number of nitrogens with zero attached hydrogens (tertiary/aromatic N) is 1. The third-order valence-electron chi connectivity index (χ3n) is 3.27. The fourth-order valence-electron chi connectivity index (χ4n) is 2.13. The summed E-state index contributed by atoms with van der Waals surface area (Å²) in [5.74, 6) is 0.203. The summed E-state index contributed by atoms with van der Waals surface area (Å²) < 4.78 is 0. The quantitative estimate of drug-likeness (QED) is 0.647. The van der Waals surface area contributed by atoms with Crippen LogP contribution in [0.4, 0.5) is 11.6 Å². The molecule has 0 aliphatic rings. The number of nitrogens with two attached hydrogens (primary N) is 1. The third kappa shape index (κ3) is 3.85. The number of nitrogen functional groups attached to an aromatic ring is 1. The minimum absolute atomic E-state index is 0.175. The number of carbonyl (C=O) groups excluding carboxylic acids is 1. The molecule has 1 aromatic heterocycles. The lowest BCUT2D eigenvalue weighted by molar-refractivity contribution is -0.111. The number of hydrogen-bond acceptors (Lipinski definition) is 3. The highest BCUT2D eigenvalue weighted by Crippen LogP contribution is 2.20. The zero-order chi connectivity index (χ0) is 16.1. The average Bonchev–Trinajstić information content (AvgIpc) is 3.01. The lowest BCUT2D eigenvalue weighted by Crippen LogP contribution is -2.07. The molecule has 0 aliphatic carbocycles. The van der Waals surface area contributed by atoms with Crippen LogP contribution in [-0.2, 0) is 4.79 Å². The molecule has 0 radical (unpaired) electrons. The maximum atomic E-state index is 11.9. The molecule has 0 atom stereocenters. The first kappa shape index (κ1) is 14.6. The number of amides is 1. The minimum Gasteiger partial charge on any atom is -0.369 e. The predicted molar refractivity (Wildman–Crippen MR) is 92.5 cm³/mol. The zero-order valence-electron chi connectivity index (χ0n) is 12.4. The van der Waals surface area contributed by atoms with Gasteiger partial charge in [0.25, 0.3) is 0 Å². The van der Waals surface area contributed by atoms with E-state index >= 15 is 0 Å². The summed E-state index contributed by atoms with van der Waals surface area (Å²) in [4.78, 5) is 18.9. The van der Waals surface area contributed by atoms with Gasteiger partial charge in [-0.1, -0.05) is 42.5 Å². The van der Waals surface area contributed by atoms with Crippen molar-refractivity contribution in [3.8, 4) is 11.3 Å². The van der Waals surface area contributed by atoms with Crippen molar-refractivity contribution >= 4 is 23.6 Å². The van der Waals surface area contributed by atoms with Crippen LogP contribution in [-0.4, -0.2) is 15.9 Å². The number of aromatic amines is 1. The molecule has 0 fully saturated rings. The van der Waals surface area contributed by atoms with Gasteiger partial charge in [-0.15, -0.1) is 0 Å². The van der Waals surface area contributed by atoms with Gasteiger partial charge in [-0.25, -0.2) is 4.98 Å². The molecule has 5 nitrogen and oxygen atoms in total. The van der Waals surface area contributed by atoms with E-state index in [2.05, 4.69) is 15.3 Å². The van der Waals surface area contributed by atoms with Crippen LogP contribution in [0, 0.1) is 0 Å². The van der Waals surface area contributed by atoms with Crippen LogP contribution in [0.15, 0.2) is 66.9 Å². The fourth-order valence-corrected chi connectivity index (χ4v) is 2.13. The number of carbonyl (C=O) groups is 1. The monoisotopic (exact) mass is 304 g/mol. The molecular formula is C18H16N4O. The van der Waals surface area contributed by atoms with Crippen LogP contribution in [0.1, 0.15) is 5.56 Å². The van der Waals surface area contributed by atoms with Crippen LogP contribution in [0.25, 0.3) is 17.3 Å². The number of rotatable bonds is 4. The Morgan fingerprint density at radius 3 is 2.48 bits per heavy atom. The summed E-state index contributed by atoms with van der Waals surface area (Å²) in [6, 6.07) is 17.1. The molecule has 3 aromatic rings. The van der Waals surface area contributed by atoms with E-state index in [1.54, 1.807) is 12.3 Å². The molecule has 0 saturated carbocycles. The van der Waals surface area contributed by atoms with E-state index in [0.717, 1.165) is 22.5 Å². The van der Waals surface area contributed by atoms with Gasteiger partial charge in [-0.05, 0) is 23.8 Å². The summed E-state index contributed by atoms with van der Waals surface area (Å²) in [7, 11) is 0. The topological polar surface area (TPSA) is 83.8 Å². The van der Waals surface area contributed by atoms with Gasteiger partial charge >= 0.3 is 0 Å². The number of anilines is 2. The van der Waals surface area contributed by atoms with E-state index in [1.165, 1.54) is 6.08 Å². The van der Waals surface area contributed by atoms with Crippen molar-refractivity contribution in [1.82, 2.24) is 9.97 Å². The third-order valence-corrected chi connectivity index (χ3v) is 3.27. The SMILES string of the molecule is Nc1nc(-c2ccc(NC(=O)/C=C/c3ccccc3)cc2)c[nH]1. The number of nitrogens with one attached hydrogen (secondary N) is 2. The molecule has 0 saturated heterocycles. The summed E-state index contributed by atoms with van der Waals surface area (Å²) in [6.45, 7) is 0. The van der Waals surface area contributed by atoms with Gasteiger partial charge in [-0.2, -0.15) is 0 Å². The van der Waals surface area contributed by atoms with Crippen LogP contribution in [0.3, 0.4) is 0 Å². The second kappa shape index (κ2) is 6.62. The van der Waals surface area contributed by atoms with E-state index in [1.807, 2.05) is 54.6 Å². The van der Waals surface area contributed by atoms with Gasteiger partial charge in [0.05, 0.1) is 5.69 Å². The Morgan fingerprint density at radius 2 is 1.83 bits per heavy atom. The molecule has 0 spiro atoms. The second-order valence-corrected chi connectivity index (χ2v) is 4.98. The molecule has 1 amide bonds.